The van der Waals surface area contributed by atoms with Gasteiger partial charge in [0.05, 0.1) is 5.52 Å². The van der Waals surface area contributed by atoms with Gasteiger partial charge in [-0.15, -0.1) is 0 Å². The van der Waals surface area contributed by atoms with E-state index in [1.54, 1.807) is 6.33 Å². The normalized spacial score (nSPS) is 11.1. The van der Waals surface area contributed by atoms with Crippen LogP contribution in [0.4, 0.5) is 5.82 Å². The van der Waals surface area contributed by atoms with Crippen LogP contribution in [0.3, 0.4) is 0 Å². The molecule has 0 aliphatic heterocycles. The molecule has 1 amide bonds. The minimum atomic E-state index is 0.0199. The SMILES string of the molecule is Cc1ccc(C(=O)N(Cc2ccccc2)Cc2cccc(-c3ccc4ncnc(NC(C)C)c4c3)c2)cc1. The average molecular weight is 501 g/mol. The van der Waals surface area contributed by atoms with Gasteiger partial charge in [0.15, 0.2) is 0 Å². The molecule has 1 aromatic heterocycles. The lowest BCUT2D eigenvalue weighted by Gasteiger charge is -2.24. The maximum atomic E-state index is 13.6. The molecule has 0 saturated heterocycles. The summed E-state index contributed by atoms with van der Waals surface area (Å²) in [7, 11) is 0. The molecule has 0 aliphatic carbocycles. The third-order valence-corrected chi connectivity index (χ3v) is 6.50. The zero-order valence-electron chi connectivity index (χ0n) is 22.1. The molecule has 4 aromatic carbocycles. The molecule has 1 N–H and O–H groups in total. The van der Waals surface area contributed by atoms with Crippen molar-refractivity contribution < 1.29 is 4.79 Å². The summed E-state index contributed by atoms with van der Waals surface area (Å²) in [5.74, 6) is 0.854. The van der Waals surface area contributed by atoms with E-state index in [1.807, 2.05) is 60.4 Å². The number of carbonyl (C=O) groups excluding carboxylic acids is 1. The van der Waals surface area contributed by atoms with Crippen molar-refractivity contribution in [1.82, 2.24) is 14.9 Å². The fourth-order valence-electron chi connectivity index (χ4n) is 4.58. The van der Waals surface area contributed by atoms with Gasteiger partial charge < -0.3 is 10.2 Å². The van der Waals surface area contributed by atoms with E-state index in [2.05, 4.69) is 77.7 Å². The van der Waals surface area contributed by atoms with Crippen molar-refractivity contribution in [3.63, 3.8) is 0 Å². The first-order chi connectivity index (χ1) is 18.5. The number of amides is 1. The number of nitrogens with zero attached hydrogens (tertiary/aromatic N) is 3. The molecule has 0 atom stereocenters. The standard InChI is InChI=1S/C33H32N4O/c1-23(2)36-32-30-19-29(16-17-31(30)34-22-35-32)28-11-7-10-26(18-28)21-37(20-25-8-5-4-6-9-25)33(38)27-14-12-24(3)13-15-27/h4-19,22-23H,20-21H2,1-3H3,(H,34,35,36). The van der Waals surface area contributed by atoms with Crippen LogP contribution < -0.4 is 5.32 Å². The number of carbonyl (C=O) groups is 1. The van der Waals surface area contributed by atoms with Crippen LogP contribution >= 0.6 is 0 Å². The third-order valence-electron chi connectivity index (χ3n) is 6.50. The Hall–Kier alpha value is -4.51. The predicted molar refractivity (Wildman–Crippen MR) is 155 cm³/mol. The second-order valence-electron chi connectivity index (χ2n) is 9.97. The first-order valence-electron chi connectivity index (χ1n) is 13.0. The zero-order valence-corrected chi connectivity index (χ0v) is 22.1. The Kier molecular flexibility index (Phi) is 7.45. The molecule has 0 radical (unpaired) electrons. The van der Waals surface area contributed by atoms with E-state index in [-0.39, 0.29) is 11.9 Å². The van der Waals surface area contributed by atoms with Crippen LogP contribution in [0.15, 0.2) is 103 Å². The molecule has 1 heterocycles. The molecule has 0 unspecified atom stereocenters. The van der Waals surface area contributed by atoms with Crippen LogP contribution in [0.1, 0.15) is 40.9 Å². The first-order valence-corrected chi connectivity index (χ1v) is 13.0. The lowest BCUT2D eigenvalue weighted by molar-refractivity contribution is 0.0730. The first kappa shape index (κ1) is 25.2. The highest BCUT2D eigenvalue weighted by Crippen LogP contribution is 2.28. The summed E-state index contributed by atoms with van der Waals surface area (Å²) in [4.78, 5) is 24.4. The summed E-state index contributed by atoms with van der Waals surface area (Å²) in [5.41, 5.74) is 7.08. The van der Waals surface area contributed by atoms with E-state index in [0.29, 0.717) is 18.7 Å². The molecule has 0 bridgehead atoms. The van der Waals surface area contributed by atoms with Gasteiger partial charge in [-0.1, -0.05) is 72.3 Å². The van der Waals surface area contributed by atoms with Crippen molar-refractivity contribution in [3.05, 3.63) is 126 Å². The number of hydrogen-bond donors (Lipinski definition) is 1. The fraction of sp³-hybridized carbons (Fsp3) is 0.182. The lowest BCUT2D eigenvalue weighted by Crippen LogP contribution is -2.30. The molecule has 5 nitrogen and oxygen atoms in total. The maximum absolute atomic E-state index is 13.6. The number of aryl methyl sites for hydroxylation is 1. The fourth-order valence-corrected chi connectivity index (χ4v) is 4.58. The van der Waals surface area contributed by atoms with Gasteiger partial charge in [-0.05, 0) is 73.4 Å². The van der Waals surface area contributed by atoms with Gasteiger partial charge in [-0.2, -0.15) is 0 Å². The minimum Gasteiger partial charge on any atom is -0.367 e. The van der Waals surface area contributed by atoms with Gasteiger partial charge in [-0.3, -0.25) is 4.79 Å². The van der Waals surface area contributed by atoms with Gasteiger partial charge in [-0.25, -0.2) is 9.97 Å². The summed E-state index contributed by atoms with van der Waals surface area (Å²) in [6.45, 7) is 7.27. The number of nitrogens with one attached hydrogen (secondary N) is 1. The Morgan fingerprint density at radius 3 is 2.26 bits per heavy atom. The number of hydrogen-bond acceptors (Lipinski definition) is 4. The molecular formula is C33H32N4O. The number of rotatable bonds is 8. The molecule has 0 aliphatic rings. The summed E-state index contributed by atoms with van der Waals surface area (Å²) < 4.78 is 0. The zero-order chi connectivity index (χ0) is 26.5. The summed E-state index contributed by atoms with van der Waals surface area (Å²) in [6, 6.07) is 32.9. The van der Waals surface area contributed by atoms with Gasteiger partial charge >= 0.3 is 0 Å². The molecule has 5 rings (SSSR count). The van der Waals surface area contributed by atoms with E-state index in [1.165, 1.54) is 0 Å². The van der Waals surface area contributed by atoms with E-state index in [4.69, 9.17) is 0 Å². The second-order valence-corrected chi connectivity index (χ2v) is 9.97. The van der Waals surface area contributed by atoms with Crippen LogP contribution in [0.25, 0.3) is 22.0 Å². The smallest absolute Gasteiger partial charge is 0.254 e. The predicted octanol–water partition coefficient (Wildman–Crippen LogP) is 7.27. The molecule has 38 heavy (non-hydrogen) atoms. The van der Waals surface area contributed by atoms with E-state index in [0.717, 1.165) is 44.5 Å². The summed E-state index contributed by atoms with van der Waals surface area (Å²) in [6.07, 6.45) is 1.60. The van der Waals surface area contributed by atoms with Gasteiger partial charge in [0.2, 0.25) is 0 Å². The van der Waals surface area contributed by atoms with E-state index < -0.39 is 0 Å². The Balaban J connectivity index is 1.46. The molecule has 0 spiro atoms. The Bertz CT molecular complexity index is 1550. The minimum absolute atomic E-state index is 0.0199. The highest BCUT2D eigenvalue weighted by molar-refractivity contribution is 5.94. The van der Waals surface area contributed by atoms with Crippen molar-refractivity contribution in [2.75, 3.05) is 5.32 Å². The van der Waals surface area contributed by atoms with Gasteiger partial charge in [0.1, 0.15) is 12.1 Å². The van der Waals surface area contributed by atoms with Crippen molar-refractivity contribution in [1.29, 1.82) is 0 Å². The topological polar surface area (TPSA) is 58.1 Å². The quantitative estimate of drug-likeness (QED) is 0.243. The monoisotopic (exact) mass is 500 g/mol. The Morgan fingerprint density at radius 2 is 1.50 bits per heavy atom. The molecule has 5 heteroatoms. The lowest BCUT2D eigenvalue weighted by atomic mass is 10.0. The van der Waals surface area contributed by atoms with E-state index in [9.17, 15) is 4.79 Å². The molecular weight excluding hydrogens is 468 g/mol. The average Bonchev–Trinajstić information content (AvgIpc) is 2.93. The highest BCUT2D eigenvalue weighted by Gasteiger charge is 2.17. The Morgan fingerprint density at radius 1 is 0.789 bits per heavy atom. The van der Waals surface area contributed by atoms with Gasteiger partial charge in [0.25, 0.3) is 5.91 Å². The number of anilines is 1. The molecule has 0 saturated carbocycles. The number of benzene rings is 4. The van der Waals surface area contributed by atoms with Crippen LogP contribution in [-0.4, -0.2) is 26.8 Å². The second kappa shape index (κ2) is 11.3. The maximum Gasteiger partial charge on any atom is 0.254 e. The van der Waals surface area contributed by atoms with Crippen molar-refractivity contribution >= 4 is 22.6 Å². The molecule has 0 fully saturated rings. The number of aromatic nitrogens is 2. The van der Waals surface area contributed by atoms with Crippen molar-refractivity contribution in [2.45, 2.75) is 39.9 Å². The largest absolute Gasteiger partial charge is 0.367 e. The molecule has 5 aromatic rings. The number of fused-ring (bicyclic) bond motifs is 1. The summed E-state index contributed by atoms with van der Waals surface area (Å²) in [5, 5.41) is 4.41. The van der Waals surface area contributed by atoms with Crippen LogP contribution in [0.5, 0.6) is 0 Å². The van der Waals surface area contributed by atoms with Crippen molar-refractivity contribution in [2.24, 2.45) is 0 Å². The third kappa shape index (κ3) is 5.89. The van der Waals surface area contributed by atoms with Crippen LogP contribution in [0.2, 0.25) is 0 Å². The molecule has 190 valence electrons. The highest BCUT2D eigenvalue weighted by atomic mass is 16.2. The van der Waals surface area contributed by atoms with Gasteiger partial charge in [0, 0.05) is 30.1 Å². The Labute approximate surface area is 224 Å². The van der Waals surface area contributed by atoms with Crippen molar-refractivity contribution in [3.8, 4) is 11.1 Å². The van der Waals surface area contributed by atoms with Crippen LogP contribution in [-0.2, 0) is 13.1 Å². The van der Waals surface area contributed by atoms with E-state index >= 15 is 0 Å². The van der Waals surface area contributed by atoms with Crippen LogP contribution in [0, 0.1) is 6.92 Å². The summed E-state index contributed by atoms with van der Waals surface area (Å²) >= 11 is 0.